The van der Waals surface area contributed by atoms with Crippen LogP contribution in [0.2, 0.25) is 0 Å². The van der Waals surface area contributed by atoms with Crippen molar-refractivity contribution in [3.8, 4) is 0 Å². The summed E-state index contributed by atoms with van der Waals surface area (Å²) < 4.78 is 0. The molecular formula is C19H24N6O5. The second kappa shape index (κ2) is 12.3. The van der Waals surface area contributed by atoms with E-state index >= 15 is 0 Å². The number of nitro groups is 1. The molecule has 160 valence electrons. The number of guanidine groups is 1. The molecular weight excluding hydrogens is 392 g/mol. The van der Waals surface area contributed by atoms with Gasteiger partial charge < -0.3 is 27.6 Å². The molecule has 11 heteroatoms. The molecule has 30 heavy (non-hydrogen) atoms. The number of nitrogen functional groups attached to an aromatic ring is 1. The Labute approximate surface area is 172 Å². The zero-order valence-electron chi connectivity index (χ0n) is 16.1. The summed E-state index contributed by atoms with van der Waals surface area (Å²) in [5, 5.41) is 21.6. The van der Waals surface area contributed by atoms with Gasteiger partial charge in [0.25, 0.3) is 11.6 Å². The topological polar surface area (TPSA) is 200 Å². The van der Waals surface area contributed by atoms with Crippen molar-refractivity contribution in [3.63, 3.8) is 0 Å². The third-order valence-electron chi connectivity index (χ3n) is 3.69. The van der Waals surface area contributed by atoms with E-state index in [0.29, 0.717) is 24.2 Å². The molecule has 0 saturated carbocycles. The Morgan fingerprint density at radius 1 is 1.10 bits per heavy atom. The smallest absolute Gasteiger partial charge is 0.326 e. The van der Waals surface area contributed by atoms with E-state index in [4.69, 9.17) is 22.3 Å². The molecule has 2 rings (SSSR count). The van der Waals surface area contributed by atoms with Crippen LogP contribution in [0.1, 0.15) is 23.2 Å². The van der Waals surface area contributed by atoms with Crippen LogP contribution < -0.4 is 22.5 Å². The van der Waals surface area contributed by atoms with E-state index in [2.05, 4.69) is 10.3 Å². The van der Waals surface area contributed by atoms with Crippen molar-refractivity contribution in [3.05, 3.63) is 70.3 Å². The number of nitrogens with zero attached hydrogens (tertiary/aromatic N) is 2. The zero-order chi connectivity index (χ0) is 22.5. The maximum atomic E-state index is 11.9. The average molecular weight is 416 g/mol. The van der Waals surface area contributed by atoms with Gasteiger partial charge in [-0.1, -0.05) is 18.2 Å². The Kier molecular flexibility index (Phi) is 9.82. The average Bonchev–Trinajstić information content (AvgIpc) is 2.71. The first-order chi connectivity index (χ1) is 14.2. The van der Waals surface area contributed by atoms with Crippen molar-refractivity contribution in [1.82, 2.24) is 5.32 Å². The fraction of sp³-hybridized carbons (Fsp3) is 0.211. The molecule has 1 amide bonds. The highest BCUT2D eigenvalue weighted by Gasteiger charge is 2.19. The highest BCUT2D eigenvalue weighted by atomic mass is 16.6. The van der Waals surface area contributed by atoms with Crippen LogP contribution in [0.5, 0.6) is 0 Å². The highest BCUT2D eigenvalue weighted by molar-refractivity contribution is 5.96. The molecule has 1 atom stereocenters. The number of carbonyl (C=O) groups excluding carboxylic acids is 1. The van der Waals surface area contributed by atoms with E-state index in [1.54, 1.807) is 30.3 Å². The van der Waals surface area contributed by atoms with Crippen molar-refractivity contribution in [2.45, 2.75) is 18.9 Å². The second-order valence-electron chi connectivity index (χ2n) is 6.03. The molecule has 0 aliphatic rings. The number of hydrogen-bond donors (Lipinski definition) is 5. The van der Waals surface area contributed by atoms with Gasteiger partial charge in [-0.2, -0.15) is 0 Å². The lowest BCUT2D eigenvalue weighted by atomic mass is 10.1. The number of nitrogens with two attached hydrogens (primary N) is 3. The van der Waals surface area contributed by atoms with Crippen LogP contribution in [0, 0.1) is 10.1 Å². The van der Waals surface area contributed by atoms with Gasteiger partial charge in [-0.25, -0.2) is 4.79 Å². The van der Waals surface area contributed by atoms with E-state index in [1.807, 2.05) is 0 Å². The Morgan fingerprint density at radius 2 is 1.70 bits per heavy atom. The summed E-state index contributed by atoms with van der Waals surface area (Å²) in [7, 11) is 0. The summed E-state index contributed by atoms with van der Waals surface area (Å²) in [6.07, 6.45) is 0.717. The molecule has 0 aliphatic heterocycles. The first-order valence-electron chi connectivity index (χ1n) is 8.84. The lowest BCUT2D eigenvalue weighted by Gasteiger charge is -2.14. The van der Waals surface area contributed by atoms with Crippen molar-refractivity contribution < 1.29 is 19.6 Å². The van der Waals surface area contributed by atoms with Gasteiger partial charge in [0.1, 0.15) is 6.04 Å². The van der Waals surface area contributed by atoms with Gasteiger partial charge in [-0.05, 0) is 37.1 Å². The predicted molar refractivity (Wildman–Crippen MR) is 113 cm³/mol. The van der Waals surface area contributed by atoms with E-state index in [9.17, 15) is 19.7 Å². The number of carboxylic acid groups (broad SMARTS) is 1. The maximum absolute atomic E-state index is 11.9. The largest absolute Gasteiger partial charge is 0.480 e. The van der Waals surface area contributed by atoms with Crippen LogP contribution in [0.25, 0.3) is 0 Å². The first kappa shape index (κ1) is 23.9. The molecule has 0 aliphatic carbocycles. The molecule has 0 fully saturated rings. The van der Waals surface area contributed by atoms with E-state index in [1.165, 1.54) is 24.3 Å². The zero-order valence-corrected chi connectivity index (χ0v) is 16.1. The number of nitrogens with one attached hydrogen (secondary N) is 1. The van der Waals surface area contributed by atoms with Crippen LogP contribution >= 0.6 is 0 Å². The van der Waals surface area contributed by atoms with Crippen LogP contribution in [0.4, 0.5) is 11.4 Å². The van der Waals surface area contributed by atoms with Crippen LogP contribution in [0.3, 0.4) is 0 Å². The molecule has 0 aromatic heterocycles. The Hall–Kier alpha value is -4.15. The van der Waals surface area contributed by atoms with Crippen LogP contribution in [-0.2, 0) is 4.79 Å². The van der Waals surface area contributed by atoms with E-state index < -0.39 is 22.8 Å². The standard InChI is InChI=1S/C13H18N4O3.C6H6N2O2/c14-13(15)16-8-4-7-10(12(19)20)17-11(18)9-5-2-1-3-6-9;7-5-1-3-6(4-2-5)8(9)10/h1-3,5-6,10H,4,7-8H2,(H,17,18)(H,19,20)(H4,14,15,16);1-4H,7H2/t10-;/m1./s1. The molecule has 0 radical (unpaired) electrons. The van der Waals surface area contributed by atoms with Crippen molar-refractivity contribution >= 4 is 29.2 Å². The van der Waals surface area contributed by atoms with Gasteiger partial charge in [-0.15, -0.1) is 0 Å². The molecule has 2 aromatic carbocycles. The van der Waals surface area contributed by atoms with Gasteiger partial charge >= 0.3 is 5.97 Å². The molecule has 8 N–H and O–H groups in total. The number of hydrogen-bond acceptors (Lipinski definition) is 6. The summed E-state index contributed by atoms with van der Waals surface area (Å²) in [5.41, 5.74) is 16.7. The summed E-state index contributed by atoms with van der Waals surface area (Å²) in [4.78, 5) is 36.3. The minimum Gasteiger partial charge on any atom is -0.480 e. The number of amides is 1. The molecule has 0 bridgehead atoms. The summed E-state index contributed by atoms with van der Waals surface area (Å²) >= 11 is 0. The van der Waals surface area contributed by atoms with Crippen LogP contribution in [0.15, 0.2) is 59.6 Å². The highest BCUT2D eigenvalue weighted by Crippen LogP contribution is 2.12. The van der Waals surface area contributed by atoms with Gasteiger partial charge in [0.2, 0.25) is 0 Å². The fourth-order valence-corrected chi connectivity index (χ4v) is 2.19. The summed E-state index contributed by atoms with van der Waals surface area (Å²) in [5.74, 6) is -1.54. The Balaban J connectivity index is 0.000000375. The Bertz CT molecular complexity index is 867. The number of carboxylic acids is 1. The second-order valence-corrected chi connectivity index (χ2v) is 6.03. The molecule has 0 spiro atoms. The number of aliphatic carboxylic acids is 1. The summed E-state index contributed by atoms with van der Waals surface area (Å²) in [6.45, 7) is 0.327. The van der Waals surface area contributed by atoms with Crippen molar-refractivity contribution in [2.24, 2.45) is 16.5 Å². The third kappa shape index (κ3) is 9.17. The quantitative estimate of drug-likeness (QED) is 0.105. The van der Waals surface area contributed by atoms with Crippen LogP contribution in [-0.4, -0.2) is 40.5 Å². The van der Waals surface area contributed by atoms with Gasteiger partial charge in [0.05, 0.1) is 4.92 Å². The molecule has 0 saturated heterocycles. The summed E-state index contributed by atoms with van der Waals surface area (Å²) in [6, 6.07) is 13.2. The number of rotatable bonds is 8. The number of carbonyl (C=O) groups is 2. The fourth-order valence-electron chi connectivity index (χ4n) is 2.19. The van der Waals surface area contributed by atoms with E-state index in [0.717, 1.165) is 0 Å². The lowest BCUT2D eigenvalue weighted by Crippen LogP contribution is -2.40. The molecule has 2 aromatic rings. The molecule has 11 nitrogen and oxygen atoms in total. The molecule has 0 unspecified atom stereocenters. The molecule has 0 heterocycles. The lowest BCUT2D eigenvalue weighted by molar-refractivity contribution is -0.384. The number of anilines is 1. The number of non-ortho nitro benzene ring substituents is 1. The number of nitro benzene ring substituents is 1. The van der Waals surface area contributed by atoms with Gasteiger partial charge in [0, 0.05) is 29.9 Å². The minimum absolute atomic E-state index is 0.0369. The van der Waals surface area contributed by atoms with E-state index in [-0.39, 0.29) is 18.1 Å². The monoisotopic (exact) mass is 416 g/mol. The van der Waals surface area contributed by atoms with Gasteiger partial charge in [0.15, 0.2) is 5.96 Å². The van der Waals surface area contributed by atoms with Crippen molar-refractivity contribution in [2.75, 3.05) is 12.3 Å². The normalized spacial score (nSPS) is 10.7. The first-order valence-corrected chi connectivity index (χ1v) is 8.84. The maximum Gasteiger partial charge on any atom is 0.326 e. The van der Waals surface area contributed by atoms with Crippen molar-refractivity contribution in [1.29, 1.82) is 0 Å². The van der Waals surface area contributed by atoms with Gasteiger partial charge in [-0.3, -0.25) is 19.9 Å². The predicted octanol–water partition coefficient (Wildman–Crippen LogP) is 1.10. The SMILES string of the molecule is NC(N)=NCCC[C@@H](NC(=O)c1ccccc1)C(=O)O.Nc1ccc([N+](=O)[O-])cc1. The number of aliphatic imine (C=N–C) groups is 1. The Morgan fingerprint density at radius 3 is 2.20 bits per heavy atom. The number of benzene rings is 2. The third-order valence-corrected chi connectivity index (χ3v) is 3.69. The minimum atomic E-state index is -1.08.